The summed E-state index contributed by atoms with van der Waals surface area (Å²) < 4.78 is 60.8. The van der Waals surface area contributed by atoms with Gasteiger partial charge < -0.3 is 20.7 Å². The lowest BCUT2D eigenvalue weighted by Crippen LogP contribution is -2.57. The summed E-state index contributed by atoms with van der Waals surface area (Å²) in [6.07, 6.45) is 5.75. The van der Waals surface area contributed by atoms with Crippen LogP contribution in [-0.4, -0.2) is 71.9 Å². The number of sulfone groups is 1. The van der Waals surface area contributed by atoms with Gasteiger partial charge >= 0.3 is 0 Å². The van der Waals surface area contributed by atoms with Crippen molar-refractivity contribution >= 4 is 32.7 Å². The molecule has 11 nitrogen and oxygen atoms in total. The van der Waals surface area contributed by atoms with E-state index in [1.165, 1.54) is 16.8 Å². The highest BCUT2D eigenvalue weighted by Crippen LogP contribution is 2.34. The molecule has 3 N–H and O–H groups in total. The van der Waals surface area contributed by atoms with Gasteiger partial charge in [-0.15, -0.1) is 0 Å². The van der Waals surface area contributed by atoms with E-state index >= 15 is 8.78 Å². The van der Waals surface area contributed by atoms with Crippen molar-refractivity contribution in [3.05, 3.63) is 66.1 Å². The summed E-state index contributed by atoms with van der Waals surface area (Å²) in [7, 11) is -3.14. The molecule has 1 aliphatic rings. The number of hydrogen-bond acceptors (Lipinski definition) is 10. The Morgan fingerprint density at radius 3 is 2.57 bits per heavy atom. The minimum Gasteiger partial charge on any atom is -0.375 e. The van der Waals surface area contributed by atoms with Crippen molar-refractivity contribution in [3.63, 3.8) is 0 Å². The first-order valence-corrected chi connectivity index (χ1v) is 16.1. The van der Waals surface area contributed by atoms with E-state index in [2.05, 4.69) is 31.4 Å². The van der Waals surface area contributed by atoms with Crippen LogP contribution in [0.15, 0.2) is 48.9 Å². The number of hydrogen-bond donors (Lipinski definition) is 2. The Labute approximate surface area is 254 Å². The van der Waals surface area contributed by atoms with Gasteiger partial charge in [-0.1, -0.05) is 6.92 Å². The Morgan fingerprint density at radius 1 is 1.18 bits per heavy atom. The van der Waals surface area contributed by atoms with Gasteiger partial charge in [0.05, 0.1) is 70.5 Å². The molecule has 14 heteroatoms. The topological polar surface area (TPSA) is 152 Å². The Balaban J connectivity index is 1.40. The zero-order valence-corrected chi connectivity index (χ0v) is 25.6. The molecule has 3 aromatic heterocycles. The van der Waals surface area contributed by atoms with Gasteiger partial charge in [-0.2, -0.15) is 14.9 Å². The van der Waals surface area contributed by atoms with E-state index in [0.717, 1.165) is 17.8 Å². The summed E-state index contributed by atoms with van der Waals surface area (Å²) in [6, 6.07) is 9.03. The average Bonchev–Trinajstić information content (AvgIpc) is 3.35. The maximum absolute atomic E-state index is 15.2. The average molecular weight is 625 g/mol. The van der Waals surface area contributed by atoms with Crippen LogP contribution < -0.4 is 16.0 Å². The van der Waals surface area contributed by atoms with Gasteiger partial charge in [0, 0.05) is 37.5 Å². The van der Waals surface area contributed by atoms with E-state index in [1.807, 2.05) is 13.0 Å². The van der Waals surface area contributed by atoms with Gasteiger partial charge in [-0.25, -0.2) is 22.2 Å². The van der Waals surface area contributed by atoms with Crippen LogP contribution in [0.3, 0.4) is 0 Å². The number of rotatable bonds is 9. The molecule has 5 rings (SSSR count). The Hall–Kier alpha value is -4.19. The normalized spacial score (nSPS) is 19.2. The summed E-state index contributed by atoms with van der Waals surface area (Å²) in [4.78, 5) is 10.8. The molecule has 0 unspecified atom stereocenters. The van der Waals surface area contributed by atoms with Crippen LogP contribution >= 0.6 is 0 Å². The fourth-order valence-electron chi connectivity index (χ4n) is 5.35. The highest BCUT2D eigenvalue weighted by Gasteiger charge is 2.34. The molecule has 0 amide bonds. The number of piperidine rings is 1. The van der Waals surface area contributed by atoms with Gasteiger partial charge in [0.2, 0.25) is 5.95 Å². The minimum absolute atomic E-state index is 0.00530. The third kappa shape index (κ3) is 6.50. The molecule has 1 fully saturated rings. The summed E-state index contributed by atoms with van der Waals surface area (Å²) in [5.74, 6) is -1.41. The van der Waals surface area contributed by atoms with Gasteiger partial charge in [0.1, 0.15) is 21.5 Å². The van der Waals surface area contributed by atoms with Crippen LogP contribution in [-0.2, 0) is 20.0 Å². The number of aromatic nitrogens is 4. The van der Waals surface area contributed by atoms with E-state index in [-0.39, 0.29) is 47.2 Å². The molecular weight excluding hydrogens is 590 g/mol. The number of nitrogens with zero attached hydrogens (tertiary/aromatic N) is 6. The number of nitrogens with two attached hydrogens (primary N) is 1. The van der Waals surface area contributed by atoms with Gasteiger partial charge in [0.15, 0.2) is 0 Å². The van der Waals surface area contributed by atoms with Crippen molar-refractivity contribution in [2.75, 3.05) is 41.9 Å². The lowest BCUT2D eigenvalue weighted by atomic mass is 9.85. The Kier molecular flexibility index (Phi) is 8.57. The van der Waals surface area contributed by atoms with Crippen LogP contribution in [0, 0.1) is 28.9 Å². The Bertz CT molecular complexity index is 1800. The van der Waals surface area contributed by atoms with E-state index < -0.39 is 26.9 Å². The number of ether oxygens (including phenoxy) is 1. The standard InChI is InChI=1S/C30H34F2N8O3S/c1-18-15-39(16-23(34)28(18)43-9-10-44(4,41)42)26-7-8-35-14-25(26)37-29-36-13-20-5-6-24(38-40(20)29)27-21(31)11-19(12-22(27)32)30(2,3)17-33/h5-8,11-14,18,23,28H,9-10,15-16,34H2,1-4H3,(H,36,37)/t18-,23+,28-/m0/s1. The quantitative estimate of drug-likeness (QED) is 0.281. The first-order chi connectivity index (χ1) is 20.8. The largest absolute Gasteiger partial charge is 0.375 e. The van der Waals surface area contributed by atoms with E-state index in [4.69, 9.17) is 10.5 Å². The molecule has 44 heavy (non-hydrogen) atoms. The second-order valence-electron chi connectivity index (χ2n) is 11.7. The number of anilines is 3. The first kappa shape index (κ1) is 31.2. The van der Waals surface area contributed by atoms with Crippen LogP contribution in [0.4, 0.5) is 26.1 Å². The number of halogens is 2. The highest BCUT2D eigenvalue weighted by molar-refractivity contribution is 7.90. The van der Waals surface area contributed by atoms with E-state index in [9.17, 15) is 13.7 Å². The molecule has 1 saturated heterocycles. The number of imidazole rings is 1. The number of pyridine rings is 1. The summed E-state index contributed by atoms with van der Waals surface area (Å²) in [5, 5.41) is 17.1. The van der Waals surface area contributed by atoms with Crippen molar-refractivity contribution in [3.8, 4) is 17.3 Å². The lowest BCUT2D eigenvalue weighted by Gasteiger charge is -2.42. The molecule has 232 valence electrons. The first-order valence-electron chi connectivity index (χ1n) is 14.0. The van der Waals surface area contributed by atoms with Crippen LogP contribution in [0.25, 0.3) is 16.8 Å². The van der Waals surface area contributed by atoms with Crippen LogP contribution in [0.1, 0.15) is 26.3 Å². The number of nitrogens with one attached hydrogen (secondary N) is 1. The Morgan fingerprint density at radius 2 is 1.91 bits per heavy atom. The number of nitriles is 1. The van der Waals surface area contributed by atoms with Crippen molar-refractivity contribution in [2.24, 2.45) is 11.7 Å². The SMILES string of the molecule is C[C@H]1CN(c2ccncc2Nc2ncc3ccc(-c4c(F)cc(C(C)(C)C#N)cc4F)nn23)C[C@@H](N)[C@H]1OCCS(C)(=O)=O. The maximum Gasteiger partial charge on any atom is 0.229 e. The summed E-state index contributed by atoms with van der Waals surface area (Å²) >= 11 is 0. The van der Waals surface area contributed by atoms with Crippen molar-refractivity contribution in [1.29, 1.82) is 5.26 Å². The highest BCUT2D eigenvalue weighted by atomic mass is 32.2. The zero-order chi connectivity index (χ0) is 31.8. The molecule has 1 aromatic carbocycles. The smallest absolute Gasteiger partial charge is 0.229 e. The molecule has 1 aliphatic heterocycles. The fraction of sp³-hybridized carbons (Fsp3) is 0.400. The molecule has 0 aliphatic carbocycles. The predicted molar refractivity (Wildman–Crippen MR) is 163 cm³/mol. The summed E-state index contributed by atoms with van der Waals surface area (Å²) in [6.45, 7) is 6.32. The molecular formula is C30H34F2N8O3S. The second-order valence-corrected chi connectivity index (χ2v) is 14.0. The molecule has 0 saturated carbocycles. The third-order valence-corrected chi connectivity index (χ3v) is 8.66. The van der Waals surface area contributed by atoms with Crippen molar-refractivity contribution in [1.82, 2.24) is 19.6 Å². The van der Waals surface area contributed by atoms with Gasteiger partial charge in [0.25, 0.3) is 0 Å². The predicted octanol–water partition coefficient (Wildman–Crippen LogP) is 3.83. The lowest BCUT2D eigenvalue weighted by molar-refractivity contribution is 0.00183. The van der Waals surface area contributed by atoms with Crippen LogP contribution in [0.2, 0.25) is 0 Å². The van der Waals surface area contributed by atoms with Gasteiger partial charge in [-0.3, -0.25) is 4.98 Å². The molecule has 4 heterocycles. The number of benzene rings is 1. The molecule has 4 aromatic rings. The third-order valence-electron chi connectivity index (χ3n) is 7.76. The van der Waals surface area contributed by atoms with E-state index in [1.54, 1.807) is 38.5 Å². The van der Waals surface area contributed by atoms with Gasteiger partial charge in [-0.05, 0) is 49.7 Å². The molecule has 3 atom stereocenters. The molecule has 0 bridgehead atoms. The van der Waals surface area contributed by atoms with E-state index in [0.29, 0.717) is 30.2 Å². The van der Waals surface area contributed by atoms with Crippen molar-refractivity contribution < 1.29 is 21.9 Å². The monoisotopic (exact) mass is 624 g/mol. The zero-order valence-electron chi connectivity index (χ0n) is 24.8. The summed E-state index contributed by atoms with van der Waals surface area (Å²) in [5.41, 5.74) is 7.40. The van der Waals surface area contributed by atoms with Crippen LogP contribution in [0.5, 0.6) is 0 Å². The second kappa shape index (κ2) is 12.1. The van der Waals surface area contributed by atoms with Crippen molar-refractivity contribution in [2.45, 2.75) is 38.3 Å². The maximum atomic E-state index is 15.2. The fourth-order valence-corrected chi connectivity index (χ4v) is 5.75. The molecule has 0 spiro atoms. The molecule has 0 radical (unpaired) electrons. The minimum atomic E-state index is -3.14. The number of fused-ring (bicyclic) bond motifs is 1.